The molecule has 0 unspecified atom stereocenters. The van der Waals surface area contributed by atoms with E-state index in [1.54, 1.807) is 6.92 Å². The third-order valence-corrected chi connectivity index (χ3v) is 5.21. The highest BCUT2D eigenvalue weighted by Crippen LogP contribution is 2.54. The molecule has 6 nitrogen and oxygen atoms in total. The van der Waals surface area contributed by atoms with Crippen LogP contribution in [0.1, 0.15) is 23.1 Å². The number of carbonyl (C=O) groups is 1. The Balaban J connectivity index is 1.98. The normalized spacial score (nSPS) is 18.7. The van der Waals surface area contributed by atoms with E-state index in [1.807, 2.05) is 6.07 Å². The summed E-state index contributed by atoms with van der Waals surface area (Å²) in [5.74, 6) is -14.6. The number of hydrazone groups is 1. The van der Waals surface area contributed by atoms with Gasteiger partial charge in [-0.3, -0.25) is 4.79 Å². The molecule has 0 aromatic heterocycles. The van der Waals surface area contributed by atoms with Gasteiger partial charge in [0.25, 0.3) is 5.91 Å². The summed E-state index contributed by atoms with van der Waals surface area (Å²) >= 11 is 0. The predicted octanol–water partition coefficient (Wildman–Crippen LogP) is 4.40. The van der Waals surface area contributed by atoms with E-state index >= 15 is 0 Å². The number of hydrogen-bond acceptors (Lipinski definition) is 5. The minimum atomic E-state index is -6.74. The van der Waals surface area contributed by atoms with Crippen LogP contribution >= 0.6 is 0 Å². The zero-order valence-corrected chi connectivity index (χ0v) is 17.8. The zero-order valence-electron chi connectivity index (χ0n) is 17.8. The lowest BCUT2D eigenvalue weighted by Crippen LogP contribution is -2.69. The summed E-state index contributed by atoms with van der Waals surface area (Å²) in [7, 11) is 0. The van der Waals surface area contributed by atoms with Gasteiger partial charge in [0.1, 0.15) is 5.75 Å². The van der Waals surface area contributed by atoms with E-state index in [-0.39, 0.29) is 16.9 Å². The van der Waals surface area contributed by atoms with Crippen molar-refractivity contribution in [3.63, 3.8) is 0 Å². The summed E-state index contributed by atoms with van der Waals surface area (Å²) in [6.07, 6.45) is -8.26. The fourth-order valence-electron chi connectivity index (χ4n) is 3.22. The standard InChI is InChI=1S/C22H16F7N3O3/c1-13-2-6-15(7-3-13)17-10-19(34,20(23,24)21(25,26)22(27,28)29)32(31-17)18(33)12-35-16-8-4-14(11-30)5-9-16/h2-9,34H,10,12H2,1H3/t19-/m0/s1. The Morgan fingerprint density at radius 2 is 1.66 bits per heavy atom. The van der Waals surface area contributed by atoms with Crippen molar-refractivity contribution >= 4 is 11.6 Å². The van der Waals surface area contributed by atoms with Crippen LogP contribution < -0.4 is 4.74 Å². The lowest BCUT2D eigenvalue weighted by molar-refractivity contribution is -0.401. The summed E-state index contributed by atoms with van der Waals surface area (Å²) in [4.78, 5) is 12.6. The Bertz CT molecular complexity index is 1170. The molecule has 1 atom stereocenters. The number of amides is 1. The number of hydrogen-bond donors (Lipinski definition) is 1. The van der Waals surface area contributed by atoms with Crippen LogP contribution in [0, 0.1) is 18.3 Å². The molecule has 186 valence electrons. The Labute approximate surface area is 193 Å². The number of aryl methyl sites for hydroxylation is 1. The molecule has 0 aliphatic carbocycles. The van der Waals surface area contributed by atoms with Gasteiger partial charge in [0.15, 0.2) is 6.61 Å². The molecular formula is C22H16F7N3O3. The molecule has 1 heterocycles. The average Bonchev–Trinajstić information content (AvgIpc) is 3.16. The van der Waals surface area contributed by atoms with Crippen molar-refractivity contribution in [2.75, 3.05) is 6.61 Å². The number of nitrogens with zero attached hydrogens (tertiary/aromatic N) is 3. The van der Waals surface area contributed by atoms with E-state index in [9.17, 15) is 40.6 Å². The summed E-state index contributed by atoms with van der Waals surface area (Å²) < 4.78 is 101. The zero-order chi connectivity index (χ0) is 26.2. The monoisotopic (exact) mass is 503 g/mol. The van der Waals surface area contributed by atoms with E-state index in [4.69, 9.17) is 10.00 Å². The number of benzene rings is 2. The maximum absolute atomic E-state index is 14.7. The number of nitriles is 1. The molecule has 0 saturated carbocycles. The third-order valence-electron chi connectivity index (χ3n) is 5.21. The summed E-state index contributed by atoms with van der Waals surface area (Å²) in [6.45, 7) is 0.525. The first-order valence-electron chi connectivity index (χ1n) is 9.79. The first-order valence-corrected chi connectivity index (χ1v) is 9.79. The minimum absolute atomic E-state index is 0.0171. The Kier molecular flexibility index (Phi) is 6.56. The van der Waals surface area contributed by atoms with Gasteiger partial charge in [0, 0.05) is 6.42 Å². The molecule has 3 rings (SSSR count). The van der Waals surface area contributed by atoms with E-state index in [1.165, 1.54) is 48.5 Å². The molecule has 1 N–H and O–H groups in total. The highest BCUT2D eigenvalue weighted by atomic mass is 19.4. The number of aliphatic hydroxyl groups is 1. The molecule has 1 aliphatic rings. The van der Waals surface area contributed by atoms with Crippen molar-refractivity contribution in [3.05, 3.63) is 65.2 Å². The van der Waals surface area contributed by atoms with E-state index in [0.29, 0.717) is 5.56 Å². The van der Waals surface area contributed by atoms with Gasteiger partial charge < -0.3 is 9.84 Å². The Hall–Kier alpha value is -3.66. The van der Waals surface area contributed by atoms with Crippen LogP contribution in [-0.2, 0) is 4.79 Å². The maximum Gasteiger partial charge on any atom is 0.460 e. The SMILES string of the molecule is Cc1ccc(C2=NN(C(=O)COc3ccc(C#N)cc3)[C@@](O)(C(F)(F)C(F)(F)C(F)(F)F)C2)cc1. The highest BCUT2D eigenvalue weighted by molar-refractivity contribution is 6.03. The molecular weight excluding hydrogens is 487 g/mol. The van der Waals surface area contributed by atoms with Crippen LogP contribution in [0.2, 0.25) is 0 Å². The van der Waals surface area contributed by atoms with Gasteiger partial charge in [-0.25, -0.2) is 0 Å². The molecule has 2 aromatic carbocycles. The largest absolute Gasteiger partial charge is 0.484 e. The molecule has 0 spiro atoms. The number of alkyl halides is 7. The van der Waals surface area contributed by atoms with Gasteiger partial charge in [-0.05, 0) is 36.8 Å². The van der Waals surface area contributed by atoms with Crippen molar-refractivity contribution in [1.29, 1.82) is 5.26 Å². The van der Waals surface area contributed by atoms with Crippen LogP contribution in [0.5, 0.6) is 5.75 Å². The van der Waals surface area contributed by atoms with Gasteiger partial charge in [-0.2, -0.15) is 46.1 Å². The number of carbonyl (C=O) groups excluding carboxylic acids is 1. The number of halogens is 7. The molecule has 1 amide bonds. The van der Waals surface area contributed by atoms with E-state index < -0.39 is 53.4 Å². The predicted molar refractivity (Wildman–Crippen MR) is 107 cm³/mol. The van der Waals surface area contributed by atoms with Crippen LogP contribution in [0.4, 0.5) is 30.7 Å². The quantitative estimate of drug-likeness (QED) is 0.593. The van der Waals surface area contributed by atoms with Crippen molar-refractivity contribution in [2.45, 2.75) is 37.1 Å². The first-order chi connectivity index (χ1) is 16.1. The number of ether oxygens (including phenoxy) is 1. The minimum Gasteiger partial charge on any atom is -0.484 e. The fraction of sp³-hybridized carbons (Fsp3) is 0.318. The Morgan fingerprint density at radius 3 is 2.17 bits per heavy atom. The lowest BCUT2D eigenvalue weighted by atomic mass is 9.91. The second-order valence-corrected chi connectivity index (χ2v) is 7.68. The van der Waals surface area contributed by atoms with Gasteiger partial charge in [-0.15, -0.1) is 0 Å². The van der Waals surface area contributed by atoms with Gasteiger partial charge in [-0.1, -0.05) is 29.8 Å². The van der Waals surface area contributed by atoms with Crippen molar-refractivity contribution in [1.82, 2.24) is 5.01 Å². The third kappa shape index (κ3) is 4.53. The smallest absolute Gasteiger partial charge is 0.460 e. The molecule has 0 radical (unpaired) electrons. The molecule has 0 fully saturated rings. The molecule has 35 heavy (non-hydrogen) atoms. The Morgan fingerprint density at radius 1 is 1.09 bits per heavy atom. The van der Waals surface area contributed by atoms with E-state index in [0.717, 1.165) is 0 Å². The van der Waals surface area contributed by atoms with Crippen molar-refractivity contribution < 1.29 is 45.4 Å². The second kappa shape index (κ2) is 8.84. The van der Waals surface area contributed by atoms with Crippen molar-refractivity contribution in [3.8, 4) is 11.8 Å². The van der Waals surface area contributed by atoms with Crippen molar-refractivity contribution in [2.24, 2.45) is 5.10 Å². The maximum atomic E-state index is 14.7. The molecule has 2 aromatic rings. The van der Waals surface area contributed by atoms with E-state index in [2.05, 4.69) is 5.10 Å². The fourth-order valence-corrected chi connectivity index (χ4v) is 3.22. The van der Waals surface area contributed by atoms with Gasteiger partial charge in [0.05, 0.1) is 17.3 Å². The molecule has 1 aliphatic heterocycles. The summed E-state index contributed by atoms with van der Waals surface area (Å²) in [6, 6.07) is 12.5. The molecule has 0 saturated heterocycles. The lowest BCUT2D eigenvalue weighted by Gasteiger charge is -2.41. The first kappa shape index (κ1) is 26.0. The summed E-state index contributed by atoms with van der Waals surface area (Å²) in [5, 5.41) is 22.3. The van der Waals surface area contributed by atoms with Gasteiger partial charge >= 0.3 is 18.0 Å². The summed E-state index contributed by atoms with van der Waals surface area (Å²) in [5.41, 5.74) is -3.93. The highest BCUT2D eigenvalue weighted by Gasteiger charge is 2.82. The second-order valence-electron chi connectivity index (χ2n) is 7.68. The van der Waals surface area contributed by atoms with Crippen LogP contribution in [0.15, 0.2) is 53.6 Å². The molecule has 0 bridgehead atoms. The van der Waals surface area contributed by atoms with Crippen LogP contribution in [0.25, 0.3) is 0 Å². The average molecular weight is 503 g/mol. The molecule has 13 heteroatoms. The van der Waals surface area contributed by atoms with Crippen LogP contribution in [0.3, 0.4) is 0 Å². The van der Waals surface area contributed by atoms with Gasteiger partial charge in [0.2, 0.25) is 5.72 Å². The topological polar surface area (TPSA) is 85.9 Å². The number of rotatable bonds is 6. The van der Waals surface area contributed by atoms with Crippen LogP contribution in [-0.4, -0.2) is 52.1 Å².